The number of hydrogen-bond donors (Lipinski definition) is 2. The largest absolute Gasteiger partial charge is 0.325 e. The quantitative estimate of drug-likeness (QED) is 0.363. The molecule has 2 amide bonds. The fourth-order valence-corrected chi connectivity index (χ4v) is 4.49. The number of rotatable bonds is 7. The van der Waals surface area contributed by atoms with E-state index in [1.54, 1.807) is 24.5 Å². The second-order valence-corrected chi connectivity index (χ2v) is 9.84. The van der Waals surface area contributed by atoms with Crippen LogP contribution >= 0.6 is 0 Å². The number of carbonyl (C=O) groups excluding carboxylic acids is 1. The molecule has 10 nitrogen and oxygen atoms in total. The SMILES string of the molecule is Cc1cccc(-c2nccc(Nc3ccnc(Cc4cccc(NC(=O)N5CCN(C(C)C)CC5)c4)n3)n2)n1. The normalized spacial score (nSPS) is 13.9. The summed E-state index contributed by atoms with van der Waals surface area (Å²) in [5, 5.41) is 6.29. The number of aryl methyl sites for hydroxylation is 1. The molecule has 4 heterocycles. The third-order valence-electron chi connectivity index (χ3n) is 6.61. The van der Waals surface area contributed by atoms with Crippen molar-refractivity contribution in [2.75, 3.05) is 36.8 Å². The molecule has 3 aromatic heterocycles. The summed E-state index contributed by atoms with van der Waals surface area (Å²) in [6.07, 6.45) is 3.94. The predicted octanol–water partition coefficient (Wildman–Crippen LogP) is 4.53. The van der Waals surface area contributed by atoms with Crippen molar-refractivity contribution in [3.63, 3.8) is 0 Å². The molecule has 1 fully saturated rings. The van der Waals surface area contributed by atoms with Gasteiger partial charge in [0.25, 0.3) is 0 Å². The number of aromatic nitrogens is 5. The van der Waals surface area contributed by atoms with Crippen molar-refractivity contribution < 1.29 is 4.79 Å². The highest BCUT2D eigenvalue weighted by Crippen LogP contribution is 2.19. The van der Waals surface area contributed by atoms with Crippen molar-refractivity contribution >= 4 is 23.4 Å². The third kappa shape index (κ3) is 6.91. The maximum absolute atomic E-state index is 12.8. The lowest BCUT2D eigenvalue weighted by atomic mass is 10.1. The molecule has 1 aromatic carbocycles. The number of benzene rings is 1. The molecule has 10 heteroatoms. The fourth-order valence-electron chi connectivity index (χ4n) is 4.49. The van der Waals surface area contributed by atoms with Crippen LogP contribution in [0.4, 0.5) is 22.1 Å². The number of anilines is 3. The van der Waals surface area contributed by atoms with E-state index in [1.807, 2.05) is 54.3 Å². The Labute approximate surface area is 228 Å². The predicted molar refractivity (Wildman–Crippen MR) is 152 cm³/mol. The maximum Gasteiger partial charge on any atom is 0.321 e. The van der Waals surface area contributed by atoms with Crippen LogP contribution in [0.3, 0.4) is 0 Å². The number of piperazine rings is 1. The summed E-state index contributed by atoms with van der Waals surface area (Å²) in [6, 6.07) is 17.6. The third-order valence-corrected chi connectivity index (χ3v) is 6.61. The second-order valence-electron chi connectivity index (χ2n) is 9.84. The highest BCUT2D eigenvalue weighted by Gasteiger charge is 2.22. The Morgan fingerprint density at radius 2 is 1.64 bits per heavy atom. The van der Waals surface area contributed by atoms with Gasteiger partial charge in [-0.3, -0.25) is 4.90 Å². The van der Waals surface area contributed by atoms with Crippen LogP contribution in [-0.4, -0.2) is 73.0 Å². The summed E-state index contributed by atoms with van der Waals surface area (Å²) in [5.74, 6) is 2.44. The van der Waals surface area contributed by atoms with Gasteiger partial charge in [-0.2, -0.15) is 0 Å². The van der Waals surface area contributed by atoms with Gasteiger partial charge in [-0.1, -0.05) is 18.2 Å². The van der Waals surface area contributed by atoms with Crippen molar-refractivity contribution in [3.05, 3.63) is 84.1 Å². The highest BCUT2D eigenvalue weighted by molar-refractivity contribution is 5.89. The molecule has 0 radical (unpaired) electrons. The molecule has 1 saturated heterocycles. The van der Waals surface area contributed by atoms with Crippen molar-refractivity contribution in [1.82, 2.24) is 34.7 Å². The summed E-state index contributed by atoms with van der Waals surface area (Å²) in [7, 11) is 0. The smallest absolute Gasteiger partial charge is 0.321 e. The van der Waals surface area contributed by atoms with Gasteiger partial charge in [-0.15, -0.1) is 0 Å². The summed E-state index contributed by atoms with van der Waals surface area (Å²) >= 11 is 0. The molecule has 2 N–H and O–H groups in total. The van der Waals surface area contributed by atoms with Crippen LogP contribution < -0.4 is 10.6 Å². The van der Waals surface area contributed by atoms with E-state index in [9.17, 15) is 4.79 Å². The van der Waals surface area contributed by atoms with Crippen LogP contribution in [-0.2, 0) is 6.42 Å². The molecular formula is C29H33N9O. The lowest BCUT2D eigenvalue weighted by molar-refractivity contribution is 0.125. The Morgan fingerprint density at radius 1 is 0.897 bits per heavy atom. The van der Waals surface area contributed by atoms with Crippen LogP contribution in [0, 0.1) is 6.92 Å². The van der Waals surface area contributed by atoms with Crippen LogP contribution in [0.2, 0.25) is 0 Å². The van der Waals surface area contributed by atoms with Gasteiger partial charge >= 0.3 is 6.03 Å². The molecule has 0 saturated carbocycles. The summed E-state index contributed by atoms with van der Waals surface area (Å²) in [4.78, 5) is 39.6. The van der Waals surface area contributed by atoms with Gasteiger partial charge in [0.15, 0.2) is 5.82 Å². The molecule has 0 atom stereocenters. The molecule has 200 valence electrons. The zero-order valence-corrected chi connectivity index (χ0v) is 22.5. The monoisotopic (exact) mass is 523 g/mol. The lowest BCUT2D eigenvalue weighted by Gasteiger charge is -2.36. The average Bonchev–Trinajstić information content (AvgIpc) is 2.94. The van der Waals surface area contributed by atoms with E-state index in [0.717, 1.165) is 43.1 Å². The first kappa shape index (κ1) is 26.2. The number of urea groups is 1. The van der Waals surface area contributed by atoms with Gasteiger partial charge in [-0.25, -0.2) is 29.7 Å². The van der Waals surface area contributed by atoms with Crippen molar-refractivity contribution in [1.29, 1.82) is 0 Å². The summed E-state index contributed by atoms with van der Waals surface area (Å²) in [5.41, 5.74) is 3.38. The van der Waals surface area contributed by atoms with Crippen molar-refractivity contribution in [2.45, 2.75) is 33.2 Å². The molecular weight excluding hydrogens is 490 g/mol. The number of carbonyl (C=O) groups is 1. The van der Waals surface area contributed by atoms with E-state index in [4.69, 9.17) is 0 Å². The van der Waals surface area contributed by atoms with E-state index in [2.05, 4.69) is 54.3 Å². The molecule has 1 aliphatic rings. The Kier molecular flexibility index (Phi) is 8.02. The summed E-state index contributed by atoms with van der Waals surface area (Å²) in [6.45, 7) is 9.56. The summed E-state index contributed by atoms with van der Waals surface area (Å²) < 4.78 is 0. The van der Waals surface area contributed by atoms with E-state index < -0.39 is 0 Å². The van der Waals surface area contributed by atoms with Gasteiger partial charge in [-0.05, 0) is 62.7 Å². The van der Waals surface area contributed by atoms with E-state index in [-0.39, 0.29) is 6.03 Å². The van der Waals surface area contributed by atoms with E-state index in [0.29, 0.717) is 41.4 Å². The molecule has 0 bridgehead atoms. The molecule has 5 rings (SSSR count). The van der Waals surface area contributed by atoms with Gasteiger partial charge < -0.3 is 15.5 Å². The first-order chi connectivity index (χ1) is 18.9. The topological polar surface area (TPSA) is 112 Å². The molecule has 4 aromatic rings. The first-order valence-corrected chi connectivity index (χ1v) is 13.2. The van der Waals surface area contributed by atoms with Crippen LogP contribution in [0.25, 0.3) is 11.5 Å². The minimum Gasteiger partial charge on any atom is -0.325 e. The Bertz CT molecular complexity index is 1430. The van der Waals surface area contributed by atoms with Crippen molar-refractivity contribution in [2.24, 2.45) is 0 Å². The zero-order valence-electron chi connectivity index (χ0n) is 22.5. The molecule has 39 heavy (non-hydrogen) atoms. The van der Waals surface area contributed by atoms with Crippen LogP contribution in [0.1, 0.15) is 30.9 Å². The number of pyridine rings is 1. The van der Waals surface area contributed by atoms with E-state index in [1.165, 1.54) is 0 Å². The zero-order chi connectivity index (χ0) is 27.2. The van der Waals surface area contributed by atoms with Crippen LogP contribution in [0.15, 0.2) is 67.0 Å². The van der Waals surface area contributed by atoms with Gasteiger partial charge in [0.2, 0.25) is 0 Å². The Hall–Kier alpha value is -4.44. The maximum atomic E-state index is 12.8. The average molecular weight is 524 g/mol. The number of nitrogens with zero attached hydrogens (tertiary/aromatic N) is 7. The second kappa shape index (κ2) is 12.0. The minimum atomic E-state index is -0.0666. The number of nitrogens with one attached hydrogen (secondary N) is 2. The highest BCUT2D eigenvalue weighted by atomic mass is 16.2. The van der Waals surface area contributed by atoms with Gasteiger partial charge in [0.1, 0.15) is 23.2 Å². The van der Waals surface area contributed by atoms with E-state index >= 15 is 0 Å². The van der Waals surface area contributed by atoms with Gasteiger partial charge in [0.05, 0.1) is 0 Å². The minimum absolute atomic E-state index is 0.0666. The lowest BCUT2D eigenvalue weighted by Crippen LogP contribution is -2.51. The molecule has 0 spiro atoms. The van der Waals surface area contributed by atoms with Gasteiger partial charge in [0, 0.05) is 62.4 Å². The number of hydrogen-bond acceptors (Lipinski definition) is 8. The van der Waals surface area contributed by atoms with Crippen LogP contribution in [0.5, 0.6) is 0 Å². The Morgan fingerprint density at radius 3 is 2.41 bits per heavy atom. The first-order valence-electron chi connectivity index (χ1n) is 13.2. The number of amides is 2. The molecule has 1 aliphatic heterocycles. The van der Waals surface area contributed by atoms with Crippen molar-refractivity contribution in [3.8, 4) is 11.5 Å². The standard InChI is InChI=1S/C29H33N9O/c1-20(2)37-14-16-38(17-15-37)29(39)33-23-8-5-7-22(18-23)19-27-30-12-10-25(35-27)34-26-11-13-31-28(36-26)24-9-4-6-21(3)32-24/h4-13,18,20H,14-17,19H2,1-3H3,(H,33,39)(H,30,31,34,35,36). The molecule has 0 unspecified atom stereocenters. The Balaban J connectivity index is 1.22. The molecule has 0 aliphatic carbocycles. The fraction of sp³-hybridized carbons (Fsp3) is 0.310.